The van der Waals surface area contributed by atoms with E-state index in [1.54, 1.807) is 19.3 Å². The topological polar surface area (TPSA) is 18.5 Å². The lowest BCUT2D eigenvalue weighted by molar-refractivity contribution is 0.0581. The van der Waals surface area contributed by atoms with Gasteiger partial charge in [-0.1, -0.05) is 155 Å². The molecular formula is C38H76O2. The molecule has 2 heteroatoms. The molecule has 1 aliphatic carbocycles. The molecule has 0 heterocycles. The molecule has 0 aromatic heterocycles. The maximum absolute atomic E-state index is 5.25. The first-order valence-corrected chi connectivity index (χ1v) is 18.8. The van der Waals surface area contributed by atoms with Gasteiger partial charge in [-0.3, -0.25) is 0 Å². The van der Waals surface area contributed by atoms with E-state index in [1.165, 1.54) is 161 Å². The van der Waals surface area contributed by atoms with Gasteiger partial charge in [0.25, 0.3) is 0 Å². The van der Waals surface area contributed by atoms with Crippen molar-refractivity contribution in [2.75, 3.05) is 27.4 Å². The molecule has 1 aliphatic rings. The van der Waals surface area contributed by atoms with Crippen LogP contribution < -0.4 is 0 Å². The summed E-state index contributed by atoms with van der Waals surface area (Å²) in [6.07, 6.45) is 40.5. The average molecular weight is 565 g/mol. The molecule has 240 valence electrons. The van der Waals surface area contributed by atoms with Gasteiger partial charge >= 0.3 is 0 Å². The summed E-state index contributed by atoms with van der Waals surface area (Å²) < 4.78 is 10.5. The van der Waals surface area contributed by atoms with Crippen molar-refractivity contribution >= 4 is 0 Å². The lowest BCUT2D eigenvalue weighted by Crippen LogP contribution is -2.35. The van der Waals surface area contributed by atoms with Gasteiger partial charge < -0.3 is 9.47 Å². The Morgan fingerprint density at radius 2 is 0.675 bits per heavy atom. The fourth-order valence-electron chi connectivity index (χ4n) is 7.86. The Morgan fingerprint density at radius 1 is 0.375 bits per heavy atom. The summed E-state index contributed by atoms with van der Waals surface area (Å²) in [5.41, 5.74) is 0. The summed E-state index contributed by atoms with van der Waals surface area (Å²) >= 11 is 0. The fourth-order valence-corrected chi connectivity index (χ4v) is 7.86. The summed E-state index contributed by atoms with van der Waals surface area (Å²) in [5.74, 6) is 4.11. The van der Waals surface area contributed by atoms with E-state index in [1.807, 2.05) is 14.2 Å². The second-order valence-electron chi connectivity index (χ2n) is 13.6. The molecule has 0 aliphatic heterocycles. The summed E-state index contributed by atoms with van der Waals surface area (Å²) in [4.78, 5) is 0. The van der Waals surface area contributed by atoms with Crippen molar-refractivity contribution in [3.8, 4) is 0 Å². The van der Waals surface area contributed by atoms with Gasteiger partial charge in [0.15, 0.2) is 0 Å². The van der Waals surface area contributed by atoms with Crippen molar-refractivity contribution < 1.29 is 9.47 Å². The molecule has 0 aromatic rings. The highest BCUT2D eigenvalue weighted by molar-refractivity contribution is 4.88. The highest BCUT2D eigenvalue weighted by atomic mass is 16.5. The van der Waals surface area contributed by atoms with E-state index >= 15 is 0 Å². The molecule has 4 unspecified atom stereocenters. The predicted molar refractivity (Wildman–Crippen MR) is 178 cm³/mol. The molecule has 0 bridgehead atoms. The molecule has 0 spiro atoms. The number of hydrogen-bond donors (Lipinski definition) is 0. The van der Waals surface area contributed by atoms with Gasteiger partial charge in [0, 0.05) is 27.4 Å². The van der Waals surface area contributed by atoms with E-state index in [0.29, 0.717) is 0 Å². The van der Waals surface area contributed by atoms with Crippen LogP contribution in [0.1, 0.15) is 194 Å². The van der Waals surface area contributed by atoms with Crippen molar-refractivity contribution in [3.05, 3.63) is 0 Å². The molecule has 2 nitrogen and oxygen atoms in total. The Morgan fingerprint density at radius 3 is 1.05 bits per heavy atom. The molecule has 40 heavy (non-hydrogen) atoms. The van der Waals surface area contributed by atoms with E-state index in [9.17, 15) is 0 Å². The van der Waals surface area contributed by atoms with Crippen LogP contribution >= 0.6 is 0 Å². The van der Waals surface area contributed by atoms with Crippen LogP contribution in [0.5, 0.6) is 0 Å². The van der Waals surface area contributed by atoms with Gasteiger partial charge in [0.05, 0.1) is 0 Å². The van der Waals surface area contributed by atoms with E-state index in [0.717, 1.165) is 36.9 Å². The number of ether oxygens (including phenoxy) is 2. The maximum Gasteiger partial charge on any atom is 0.0462 e. The first kappa shape index (κ1) is 37.9. The third kappa shape index (κ3) is 19.9. The molecule has 1 fully saturated rings. The van der Waals surface area contributed by atoms with E-state index in [2.05, 4.69) is 13.8 Å². The van der Waals surface area contributed by atoms with Crippen molar-refractivity contribution in [1.82, 2.24) is 0 Å². The van der Waals surface area contributed by atoms with Crippen LogP contribution in [-0.2, 0) is 9.47 Å². The van der Waals surface area contributed by atoms with Gasteiger partial charge in [-0.2, -0.15) is 0 Å². The predicted octanol–water partition coefficient (Wildman–Crippen LogP) is 12.7. The first-order valence-electron chi connectivity index (χ1n) is 18.8. The zero-order valence-electron chi connectivity index (χ0n) is 28.3. The summed E-state index contributed by atoms with van der Waals surface area (Å²) in [6, 6.07) is 0. The number of hydrogen-bond acceptors (Lipinski definition) is 2. The second kappa shape index (κ2) is 29.0. The van der Waals surface area contributed by atoms with E-state index < -0.39 is 0 Å². The zero-order chi connectivity index (χ0) is 28.9. The van der Waals surface area contributed by atoms with Crippen LogP contribution in [0, 0.1) is 23.7 Å². The number of unbranched alkanes of at least 4 members (excludes halogenated alkanes) is 18. The molecule has 0 radical (unpaired) electrons. The highest BCUT2D eigenvalue weighted by Crippen LogP contribution is 2.47. The molecule has 1 saturated carbocycles. The summed E-state index contributed by atoms with van der Waals surface area (Å²) in [6.45, 7) is 6.59. The zero-order valence-corrected chi connectivity index (χ0v) is 28.3. The van der Waals surface area contributed by atoms with Gasteiger partial charge in [-0.25, -0.2) is 0 Å². The SMILES string of the molecule is CCCCCCCCC1C(CCCCCC)CCC(CCCCCCCCOC)C1CCCCCCCCOC. The molecule has 1 rings (SSSR count). The smallest absolute Gasteiger partial charge is 0.0462 e. The minimum Gasteiger partial charge on any atom is -0.385 e. The standard InChI is InChI=1S/C38H76O2/c1-5-7-9-11-17-23-29-37-35(27-21-10-8-6-2)31-32-36(28-22-16-12-14-19-25-33-39-3)38(37)30-24-18-13-15-20-26-34-40-4/h35-38H,5-34H2,1-4H3. The van der Waals surface area contributed by atoms with Gasteiger partial charge in [0.2, 0.25) is 0 Å². The normalized spacial score (nSPS) is 21.3. The van der Waals surface area contributed by atoms with Crippen LogP contribution in [0.4, 0.5) is 0 Å². The van der Waals surface area contributed by atoms with Crippen LogP contribution in [0.3, 0.4) is 0 Å². The van der Waals surface area contributed by atoms with Crippen molar-refractivity contribution in [2.24, 2.45) is 23.7 Å². The molecule has 0 amide bonds. The lowest BCUT2D eigenvalue weighted by Gasteiger charge is -2.44. The largest absolute Gasteiger partial charge is 0.385 e. The Balaban J connectivity index is 2.67. The minimum atomic E-state index is 0.941. The van der Waals surface area contributed by atoms with Crippen molar-refractivity contribution in [1.29, 1.82) is 0 Å². The Labute approximate surface area is 253 Å². The number of rotatable bonds is 30. The Kier molecular flexibility index (Phi) is 27.5. The molecule has 0 N–H and O–H groups in total. The molecule has 0 saturated heterocycles. The van der Waals surface area contributed by atoms with Gasteiger partial charge in [0.1, 0.15) is 0 Å². The lowest BCUT2D eigenvalue weighted by atomic mass is 9.61. The van der Waals surface area contributed by atoms with E-state index in [4.69, 9.17) is 9.47 Å². The monoisotopic (exact) mass is 565 g/mol. The van der Waals surface area contributed by atoms with Gasteiger partial charge in [-0.05, 0) is 62.2 Å². The Hall–Kier alpha value is -0.0800. The van der Waals surface area contributed by atoms with Crippen LogP contribution in [0.2, 0.25) is 0 Å². The first-order chi connectivity index (χ1) is 19.8. The van der Waals surface area contributed by atoms with Crippen LogP contribution in [0.25, 0.3) is 0 Å². The van der Waals surface area contributed by atoms with Gasteiger partial charge in [-0.15, -0.1) is 0 Å². The highest BCUT2D eigenvalue weighted by Gasteiger charge is 2.37. The second-order valence-corrected chi connectivity index (χ2v) is 13.6. The Bertz CT molecular complexity index is 492. The summed E-state index contributed by atoms with van der Waals surface area (Å²) in [7, 11) is 3.67. The average Bonchev–Trinajstić information content (AvgIpc) is 2.97. The van der Waals surface area contributed by atoms with E-state index in [-0.39, 0.29) is 0 Å². The number of methoxy groups -OCH3 is 2. The fraction of sp³-hybridized carbons (Fsp3) is 1.00. The van der Waals surface area contributed by atoms with Crippen LogP contribution in [-0.4, -0.2) is 27.4 Å². The minimum absolute atomic E-state index is 0.941. The quantitative estimate of drug-likeness (QED) is 0.0808. The van der Waals surface area contributed by atoms with Crippen molar-refractivity contribution in [3.63, 3.8) is 0 Å². The maximum atomic E-state index is 5.25. The van der Waals surface area contributed by atoms with Crippen molar-refractivity contribution in [2.45, 2.75) is 194 Å². The molecule has 0 aromatic carbocycles. The third-order valence-corrected chi connectivity index (χ3v) is 10.3. The molecule has 4 atom stereocenters. The summed E-state index contributed by atoms with van der Waals surface area (Å²) in [5, 5.41) is 0. The third-order valence-electron chi connectivity index (χ3n) is 10.3. The molecular weight excluding hydrogens is 488 g/mol. The van der Waals surface area contributed by atoms with Crippen LogP contribution in [0.15, 0.2) is 0 Å².